The van der Waals surface area contributed by atoms with Crippen LogP contribution in [-0.4, -0.2) is 25.3 Å². The van der Waals surface area contributed by atoms with Crippen molar-refractivity contribution in [2.75, 3.05) is 12.0 Å². The highest BCUT2D eigenvalue weighted by atomic mass is 19.4. The quantitative estimate of drug-likeness (QED) is 0.278. The Labute approximate surface area is 202 Å². The van der Waals surface area contributed by atoms with Crippen molar-refractivity contribution in [3.05, 3.63) is 83.9 Å². The highest BCUT2D eigenvalue weighted by molar-refractivity contribution is 6.38. The number of nitrogens with zero attached hydrogens (tertiary/aromatic N) is 1. The number of ether oxygens (including phenoxy) is 2. The summed E-state index contributed by atoms with van der Waals surface area (Å²) in [5.41, 5.74) is 3.10. The third kappa shape index (κ3) is 7.09. The van der Waals surface area contributed by atoms with Crippen LogP contribution in [0.1, 0.15) is 30.9 Å². The highest BCUT2D eigenvalue weighted by Crippen LogP contribution is 2.34. The Kier molecular flexibility index (Phi) is 8.52. The summed E-state index contributed by atoms with van der Waals surface area (Å²) in [6.07, 6.45) is -1.70. The van der Waals surface area contributed by atoms with Gasteiger partial charge in [0.05, 0.1) is 13.7 Å². The summed E-state index contributed by atoms with van der Waals surface area (Å²) in [5, 5.41) is 0. The van der Waals surface area contributed by atoms with Gasteiger partial charge in [0.25, 0.3) is 0 Å². The molecule has 0 aliphatic heterocycles. The molecule has 184 valence electrons. The average Bonchev–Trinajstić information content (AvgIpc) is 2.85. The number of hydrogen-bond acceptors (Lipinski definition) is 4. The lowest BCUT2D eigenvalue weighted by Gasteiger charge is -2.22. The van der Waals surface area contributed by atoms with E-state index in [-0.39, 0.29) is 17.9 Å². The van der Waals surface area contributed by atoms with Gasteiger partial charge < -0.3 is 9.47 Å². The Bertz CT molecular complexity index is 1140. The van der Waals surface area contributed by atoms with Crippen molar-refractivity contribution < 1.29 is 32.2 Å². The number of benzene rings is 3. The van der Waals surface area contributed by atoms with Crippen LogP contribution in [0, 0.1) is 0 Å². The second-order valence-electron chi connectivity index (χ2n) is 7.89. The maximum absolute atomic E-state index is 12.8. The minimum Gasteiger partial charge on any atom is -0.462 e. The minimum atomic E-state index is -4.83. The molecule has 0 aromatic heterocycles. The first kappa shape index (κ1) is 25.8. The smallest absolute Gasteiger partial charge is 0.462 e. The van der Waals surface area contributed by atoms with Gasteiger partial charge in [0, 0.05) is 11.3 Å². The fraction of sp³-hybridized carbons (Fsp3) is 0.259. The molecule has 0 bridgehead atoms. The molecule has 3 rings (SSSR count). The molecule has 35 heavy (non-hydrogen) atoms. The Morgan fingerprint density at radius 3 is 2.11 bits per heavy atom. The first-order chi connectivity index (χ1) is 16.7. The molecular weight excluding hydrogens is 459 g/mol. The third-order valence-electron chi connectivity index (χ3n) is 5.39. The van der Waals surface area contributed by atoms with Gasteiger partial charge in [-0.1, -0.05) is 67.9 Å². The molecule has 0 spiro atoms. The average molecular weight is 486 g/mol. The molecule has 3 aromatic carbocycles. The molecule has 0 heterocycles. The first-order valence-electron chi connectivity index (χ1n) is 11.1. The molecule has 3 aromatic rings. The van der Waals surface area contributed by atoms with E-state index < -0.39 is 18.2 Å². The molecule has 0 aliphatic carbocycles. The van der Waals surface area contributed by atoms with Crippen LogP contribution in [0.25, 0.3) is 11.1 Å². The summed E-state index contributed by atoms with van der Waals surface area (Å²) in [4.78, 5) is 26.1. The zero-order valence-corrected chi connectivity index (χ0v) is 19.5. The van der Waals surface area contributed by atoms with E-state index in [1.807, 2.05) is 24.3 Å². The number of esters is 1. The van der Waals surface area contributed by atoms with Gasteiger partial charge in [0.15, 0.2) is 0 Å². The molecule has 5 nitrogen and oxygen atoms in total. The van der Waals surface area contributed by atoms with E-state index in [1.54, 1.807) is 30.3 Å². The number of amides is 1. The van der Waals surface area contributed by atoms with Crippen molar-refractivity contribution in [3.63, 3.8) is 0 Å². The van der Waals surface area contributed by atoms with E-state index in [9.17, 15) is 22.8 Å². The van der Waals surface area contributed by atoms with Gasteiger partial charge in [-0.05, 0) is 47.7 Å². The number of methoxy groups -OCH3 is 1. The topological polar surface area (TPSA) is 55.8 Å². The molecule has 0 saturated heterocycles. The Balaban J connectivity index is 1.88. The van der Waals surface area contributed by atoms with E-state index in [1.165, 1.54) is 28.7 Å². The summed E-state index contributed by atoms with van der Waals surface area (Å²) in [7, 11) is 1.13. The van der Waals surface area contributed by atoms with Crippen LogP contribution in [0.2, 0.25) is 0 Å². The second kappa shape index (κ2) is 11.6. The lowest BCUT2D eigenvalue weighted by molar-refractivity contribution is -0.274. The zero-order valence-electron chi connectivity index (χ0n) is 19.5. The summed E-state index contributed by atoms with van der Waals surface area (Å²) in [6, 6.07) is 19.8. The molecule has 0 radical (unpaired) electrons. The number of para-hydroxylation sites is 1. The minimum absolute atomic E-state index is 0.120. The molecule has 0 aliphatic rings. The SMILES string of the molecule is CCCCc1ccc(CN(C(=O)C(=O)OC)c2ccc(-c3ccccc3OC(F)(F)F)cc2)cc1. The lowest BCUT2D eigenvalue weighted by atomic mass is 10.0. The number of carbonyl (C=O) groups is 2. The largest absolute Gasteiger partial charge is 0.573 e. The Morgan fingerprint density at radius 2 is 1.51 bits per heavy atom. The van der Waals surface area contributed by atoms with Crippen molar-refractivity contribution >= 4 is 17.6 Å². The summed E-state index contributed by atoms with van der Waals surface area (Å²) < 4.78 is 47.1. The van der Waals surface area contributed by atoms with Gasteiger partial charge >= 0.3 is 18.2 Å². The standard InChI is InChI=1S/C27H26F3NO4/c1-3-4-7-19-10-12-20(13-11-19)18-31(25(32)26(33)34-2)22-16-14-21(15-17-22)23-8-5-6-9-24(23)35-27(28,29)30/h5-6,8-17H,3-4,7,18H2,1-2H3. The van der Waals surface area contributed by atoms with Crippen LogP contribution in [0.3, 0.4) is 0 Å². The predicted octanol–water partition coefficient (Wildman–Crippen LogP) is 6.30. The van der Waals surface area contributed by atoms with Crippen LogP contribution in [0.15, 0.2) is 72.8 Å². The van der Waals surface area contributed by atoms with Gasteiger partial charge in [-0.2, -0.15) is 0 Å². The number of anilines is 1. The predicted molar refractivity (Wildman–Crippen MR) is 127 cm³/mol. The van der Waals surface area contributed by atoms with Gasteiger partial charge in [0.1, 0.15) is 5.75 Å². The van der Waals surface area contributed by atoms with Crippen molar-refractivity contribution in [3.8, 4) is 16.9 Å². The van der Waals surface area contributed by atoms with Crippen LogP contribution in [0.5, 0.6) is 5.75 Å². The molecule has 0 atom stereocenters. The van der Waals surface area contributed by atoms with Crippen molar-refractivity contribution in [2.45, 2.75) is 39.1 Å². The lowest BCUT2D eigenvalue weighted by Crippen LogP contribution is -2.36. The van der Waals surface area contributed by atoms with Crippen LogP contribution in [0.4, 0.5) is 18.9 Å². The fourth-order valence-electron chi connectivity index (χ4n) is 3.59. The van der Waals surface area contributed by atoms with Gasteiger partial charge in [-0.25, -0.2) is 4.79 Å². The Hall–Kier alpha value is -3.81. The number of carbonyl (C=O) groups excluding carboxylic acids is 2. The monoisotopic (exact) mass is 485 g/mol. The van der Waals surface area contributed by atoms with E-state index in [4.69, 9.17) is 0 Å². The zero-order chi connectivity index (χ0) is 25.4. The summed E-state index contributed by atoms with van der Waals surface area (Å²) in [5.74, 6) is -2.20. The first-order valence-corrected chi connectivity index (χ1v) is 11.1. The molecule has 1 amide bonds. The van der Waals surface area contributed by atoms with Crippen molar-refractivity contribution in [1.82, 2.24) is 0 Å². The molecule has 0 unspecified atom stereocenters. The van der Waals surface area contributed by atoms with Crippen LogP contribution in [-0.2, 0) is 27.3 Å². The van der Waals surface area contributed by atoms with Crippen molar-refractivity contribution in [2.24, 2.45) is 0 Å². The molecule has 8 heteroatoms. The normalized spacial score (nSPS) is 11.1. The van der Waals surface area contributed by atoms with Crippen LogP contribution >= 0.6 is 0 Å². The van der Waals surface area contributed by atoms with Gasteiger partial charge in [0.2, 0.25) is 0 Å². The molecular formula is C27H26F3NO4. The maximum Gasteiger partial charge on any atom is 0.573 e. The number of halogens is 3. The number of unbranched alkanes of at least 4 members (excludes halogenated alkanes) is 1. The van der Waals surface area contributed by atoms with E-state index >= 15 is 0 Å². The fourth-order valence-corrected chi connectivity index (χ4v) is 3.59. The van der Waals surface area contributed by atoms with E-state index in [2.05, 4.69) is 16.4 Å². The van der Waals surface area contributed by atoms with Gasteiger partial charge in [-0.3, -0.25) is 9.69 Å². The number of aryl methyl sites for hydroxylation is 1. The Morgan fingerprint density at radius 1 is 0.886 bits per heavy atom. The maximum atomic E-state index is 12.8. The van der Waals surface area contributed by atoms with E-state index in [0.717, 1.165) is 31.9 Å². The molecule has 0 saturated carbocycles. The number of alkyl halides is 3. The highest BCUT2D eigenvalue weighted by Gasteiger charge is 2.32. The van der Waals surface area contributed by atoms with E-state index in [0.29, 0.717) is 11.3 Å². The van der Waals surface area contributed by atoms with Gasteiger partial charge in [-0.15, -0.1) is 13.2 Å². The number of hydrogen-bond donors (Lipinski definition) is 0. The summed E-state index contributed by atoms with van der Waals surface area (Å²) >= 11 is 0. The van der Waals surface area contributed by atoms with Crippen LogP contribution < -0.4 is 9.64 Å². The summed E-state index contributed by atoms with van der Waals surface area (Å²) in [6.45, 7) is 2.24. The second-order valence-corrected chi connectivity index (χ2v) is 7.89. The van der Waals surface area contributed by atoms with Crippen molar-refractivity contribution in [1.29, 1.82) is 0 Å². The molecule has 0 N–H and O–H groups in total. The molecule has 0 fully saturated rings. The number of rotatable bonds is 8. The third-order valence-corrected chi connectivity index (χ3v) is 5.39.